The third-order valence-electron chi connectivity index (χ3n) is 8.57. The highest BCUT2D eigenvalue weighted by atomic mass is 16.3. The lowest BCUT2D eigenvalue weighted by molar-refractivity contribution is 0.669. The molecule has 0 spiro atoms. The first-order chi connectivity index (χ1) is 25.9. The Morgan fingerprint density at radius 2 is 1.05 bits per heavy atom. The van der Waals surface area contributed by atoms with Crippen molar-refractivity contribution in [1.29, 1.82) is 0 Å². The molecule has 10 aromatic rings. The molecule has 0 unspecified atom stereocenters. The van der Waals surface area contributed by atoms with Gasteiger partial charge in [-0.2, -0.15) is 0 Å². The number of benzene rings is 9. The van der Waals surface area contributed by atoms with Crippen LogP contribution in [0, 0.1) is 0 Å². The second-order valence-electron chi connectivity index (χ2n) is 10.8. The lowest BCUT2D eigenvalue weighted by atomic mass is 9.83. The molecule has 0 fully saturated rings. The maximum absolute atomic E-state index is 9.60. The molecule has 10 rings (SSSR count). The van der Waals surface area contributed by atoms with Gasteiger partial charge in [-0.15, -0.1) is 0 Å². The minimum Gasteiger partial charge on any atom is -0.456 e. The Bertz CT molecular complexity index is 3250. The van der Waals surface area contributed by atoms with E-state index >= 15 is 0 Å². The normalized spacial score (nSPS) is 15.8. The molecule has 198 valence electrons. The summed E-state index contributed by atoms with van der Waals surface area (Å²) in [6, 6.07) is 19.3. The van der Waals surface area contributed by atoms with E-state index in [2.05, 4.69) is 0 Å². The number of hydrogen-bond acceptors (Lipinski definition) is 1. The van der Waals surface area contributed by atoms with E-state index in [1.807, 2.05) is 54.6 Å². The summed E-state index contributed by atoms with van der Waals surface area (Å²) < 4.78 is 107. The molecule has 0 saturated carbocycles. The van der Waals surface area contributed by atoms with Gasteiger partial charge in [-0.3, -0.25) is 0 Å². The van der Waals surface area contributed by atoms with Crippen molar-refractivity contribution in [1.82, 2.24) is 0 Å². The van der Waals surface area contributed by atoms with Crippen LogP contribution in [0.5, 0.6) is 0 Å². The van der Waals surface area contributed by atoms with E-state index in [1.54, 1.807) is 24.3 Å². The summed E-state index contributed by atoms with van der Waals surface area (Å²) in [4.78, 5) is 0. The average Bonchev–Trinajstić information content (AvgIpc) is 3.58. The van der Waals surface area contributed by atoms with E-state index in [1.165, 1.54) is 0 Å². The van der Waals surface area contributed by atoms with Crippen molar-refractivity contribution in [2.45, 2.75) is 0 Å². The van der Waals surface area contributed by atoms with Crippen molar-refractivity contribution >= 4 is 75.8 Å². The Balaban J connectivity index is 1.52. The molecule has 0 amide bonds. The predicted octanol–water partition coefficient (Wildman–Crippen LogP) is 12.1. The van der Waals surface area contributed by atoms with Gasteiger partial charge in [0.2, 0.25) is 0 Å². The number of furan rings is 1. The number of para-hydroxylation sites is 1. The first kappa shape index (κ1) is 15.0. The van der Waals surface area contributed by atoms with Crippen LogP contribution in [0.15, 0.2) is 150 Å². The second kappa shape index (κ2) is 8.44. The van der Waals surface area contributed by atoms with Gasteiger partial charge in [0.05, 0.1) is 15.1 Å². The molecule has 0 bridgehead atoms. The highest BCUT2D eigenvalue weighted by Gasteiger charge is 2.20. The van der Waals surface area contributed by atoms with Gasteiger partial charge in [0.25, 0.3) is 0 Å². The van der Waals surface area contributed by atoms with Crippen molar-refractivity contribution in [3.63, 3.8) is 0 Å². The van der Waals surface area contributed by atoms with Gasteiger partial charge >= 0.3 is 0 Å². The Morgan fingerprint density at radius 3 is 1.79 bits per heavy atom. The molecule has 9 aromatic carbocycles. The van der Waals surface area contributed by atoms with Crippen LogP contribution < -0.4 is 0 Å². The summed E-state index contributed by atoms with van der Waals surface area (Å²) in [6.07, 6.45) is 0. The smallest absolute Gasteiger partial charge is 0.135 e. The lowest BCUT2D eigenvalue weighted by Crippen LogP contribution is -1.92. The van der Waals surface area contributed by atoms with E-state index in [4.69, 9.17) is 11.3 Å². The zero-order chi connectivity index (χ0) is 37.6. The number of hydrogen-bond donors (Lipinski definition) is 0. The van der Waals surface area contributed by atoms with E-state index in [0.717, 1.165) is 26.9 Å². The fraction of sp³-hybridized carbons (Fsp3) is 0. The Hall–Kier alpha value is -5.66. The molecule has 0 saturated heterocycles. The zero-order valence-electron chi connectivity index (χ0n) is 33.4. The monoisotopic (exact) mass is 555 g/mol. The minimum absolute atomic E-state index is 0.00219. The van der Waals surface area contributed by atoms with Crippen LogP contribution in [-0.2, 0) is 0 Å². The van der Waals surface area contributed by atoms with Crippen LogP contribution in [0.1, 0.15) is 15.1 Å². The molecule has 0 radical (unpaired) electrons. The topological polar surface area (TPSA) is 13.1 Å². The predicted molar refractivity (Wildman–Crippen MR) is 183 cm³/mol. The van der Waals surface area contributed by atoms with Gasteiger partial charge in [-0.25, -0.2) is 0 Å². The standard InChI is InChI=1S/C42H24O/c1-3-13-32-30(11-1)40(28-20-23-38-36(24-28)29-10-5-6-15-37(29)43-38)31-12-2-4-14-33(31)42(32)35-22-19-27-17-16-25-8-7-9-26-18-21-34(35)41(27)39(25)26/h1-24H/i1D,2D,3D,4D,11D,12D,13D,14D,20D,23D,24D. The number of fused-ring (bicyclic) bond motifs is 5. The molecular formula is C42H24O. The summed E-state index contributed by atoms with van der Waals surface area (Å²) in [7, 11) is 0. The summed E-state index contributed by atoms with van der Waals surface area (Å²) in [5.41, 5.74) is 0.709. The first-order valence-corrected chi connectivity index (χ1v) is 14.0. The van der Waals surface area contributed by atoms with Crippen molar-refractivity contribution in [3.05, 3.63) is 145 Å². The molecule has 0 aliphatic rings. The number of rotatable bonds is 2. The van der Waals surface area contributed by atoms with Crippen LogP contribution >= 0.6 is 0 Å². The Labute approximate surface area is 263 Å². The lowest BCUT2D eigenvalue weighted by Gasteiger charge is -2.20. The fourth-order valence-corrected chi connectivity index (χ4v) is 6.76. The van der Waals surface area contributed by atoms with Gasteiger partial charge in [-0.1, -0.05) is 127 Å². The highest BCUT2D eigenvalue weighted by molar-refractivity contribution is 6.29. The van der Waals surface area contributed by atoms with Crippen LogP contribution in [0.3, 0.4) is 0 Å². The summed E-state index contributed by atoms with van der Waals surface area (Å²) in [6.45, 7) is 0. The molecule has 0 aliphatic carbocycles. The molecular weight excluding hydrogens is 520 g/mol. The highest BCUT2D eigenvalue weighted by Crippen LogP contribution is 2.47. The minimum atomic E-state index is -0.589. The van der Waals surface area contributed by atoms with Crippen LogP contribution in [0.2, 0.25) is 0 Å². The van der Waals surface area contributed by atoms with Gasteiger partial charge < -0.3 is 4.42 Å². The quantitative estimate of drug-likeness (QED) is 0.153. The molecule has 1 nitrogen and oxygen atoms in total. The van der Waals surface area contributed by atoms with Gasteiger partial charge in [0.15, 0.2) is 0 Å². The van der Waals surface area contributed by atoms with Crippen molar-refractivity contribution < 1.29 is 19.5 Å². The summed E-state index contributed by atoms with van der Waals surface area (Å²) in [5, 5.41) is 5.94. The van der Waals surface area contributed by atoms with Gasteiger partial charge in [0.1, 0.15) is 11.2 Å². The third-order valence-corrected chi connectivity index (χ3v) is 8.57. The molecule has 0 atom stereocenters. The van der Waals surface area contributed by atoms with Gasteiger partial charge in [0, 0.05) is 10.8 Å². The van der Waals surface area contributed by atoms with Crippen molar-refractivity contribution in [3.8, 4) is 22.3 Å². The molecule has 0 N–H and O–H groups in total. The van der Waals surface area contributed by atoms with Crippen molar-refractivity contribution in [2.75, 3.05) is 0 Å². The van der Waals surface area contributed by atoms with E-state index in [0.29, 0.717) is 21.9 Å². The molecule has 1 heterocycles. The Morgan fingerprint density at radius 1 is 0.419 bits per heavy atom. The SMILES string of the molecule is [2H]c1c(-c2c3c([2H])c([2H])c([2H])c([2H])c3c(-c3ccc4ccc5cccc6ccc3c4c56)c3c([2H])c([2H])c([2H])c([2H])c23)c([2H])c2c(oc3ccccc32)c1[2H]. The summed E-state index contributed by atoms with van der Waals surface area (Å²) >= 11 is 0. The summed E-state index contributed by atoms with van der Waals surface area (Å²) in [5.74, 6) is 0. The third kappa shape index (κ3) is 3.11. The second-order valence-corrected chi connectivity index (χ2v) is 10.8. The first-order valence-electron chi connectivity index (χ1n) is 19.5. The van der Waals surface area contributed by atoms with Crippen LogP contribution in [0.25, 0.3) is 98.1 Å². The van der Waals surface area contributed by atoms with Crippen LogP contribution in [-0.4, -0.2) is 0 Å². The fourth-order valence-electron chi connectivity index (χ4n) is 6.76. The van der Waals surface area contributed by atoms with Gasteiger partial charge in [-0.05, 0) is 94.3 Å². The average molecular weight is 556 g/mol. The largest absolute Gasteiger partial charge is 0.456 e. The maximum Gasteiger partial charge on any atom is 0.135 e. The van der Waals surface area contributed by atoms with E-state index < -0.39 is 54.4 Å². The van der Waals surface area contributed by atoms with E-state index in [-0.39, 0.29) is 61.3 Å². The van der Waals surface area contributed by atoms with E-state index in [9.17, 15) is 8.22 Å². The molecule has 1 heteroatoms. The molecule has 1 aromatic heterocycles. The maximum atomic E-state index is 9.60. The zero-order valence-corrected chi connectivity index (χ0v) is 22.4. The Kier molecular flexibility index (Phi) is 2.94. The molecule has 43 heavy (non-hydrogen) atoms. The van der Waals surface area contributed by atoms with Crippen molar-refractivity contribution in [2.24, 2.45) is 0 Å². The molecule has 0 aliphatic heterocycles. The van der Waals surface area contributed by atoms with Crippen LogP contribution in [0.4, 0.5) is 0 Å².